The molecule has 1 aromatic carbocycles. The van der Waals surface area contributed by atoms with Crippen LogP contribution < -0.4 is 16.4 Å². The molecule has 0 spiro atoms. The predicted octanol–water partition coefficient (Wildman–Crippen LogP) is 1.52. The van der Waals surface area contributed by atoms with Crippen LogP contribution in [0.2, 0.25) is 0 Å². The number of nitrogens with two attached hydrogens (primary N) is 1. The second-order valence-electron chi connectivity index (χ2n) is 4.60. The van der Waals surface area contributed by atoms with E-state index in [0.29, 0.717) is 10.2 Å². The molecule has 0 saturated heterocycles. The summed E-state index contributed by atoms with van der Waals surface area (Å²) in [6, 6.07) is 1.60. The fourth-order valence-electron chi connectivity index (χ4n) is 1.78. The Bertz CT molecular complexity index is 566. The van der Waals surface area contributed by atoms with E-state index in [4.69, 9.17) is 10.8 Å². The van der Waals surface area contributed by atoms with E-state index in [1.54, 1.807) is 0 Å². The highest BCUT2D eigenvalue weighted by Crippen LogP contribution is 2.27. The van der Waals surface area contributed by atoms with Gasteiger partial charge < -0.3 is 21.5 Å². The number of carbonyl (C=O) groups excluding carboxylic acids is 2. The first-order valence-electron chi connectivity index (χ1n) is 6.06. The highest BCUT2D eigenvalue weighted by molar-refractivity contribution is 9.10. The summed E-state index contributed by atoms with van der Waals surface area (Å²) in [6.07, 6.45) is -0.475. The van der Waals surface area contributed by atoms with Gasteiger partial charge in [-0.1, -0.05) is 6.07 Å². The largest absolute Gasteiger partial charge is 0.480 e. The average Bonchev–Trinajstić information content (AvgIpc) is 2.32. The lowest BCUT2D eigenvalue weighted by Crippen LogP contribution is -2.45. The number of rotatable bonds is 5. The number of amides is 3. The van der Waals surface area contributed by atoms with E-state index < -0.39 is 30.4 Å². The first-order valence-corrected chi connectivity index (χ1v) is 6.85. The maximum Gasteiger partial charge on any atom is 0.326 e. The summed E-state index contributed by atoms with van der Waals surface area (Å²) in [5, 5.41) is 13.7. The van der Waals surface area contributed by atoms with Crippen molar-refractivity contribution in [2.24, 2.45) is 5.73 Å². The van der Waals surface area contributed by atoms with E-state index in [2.05, 4.69) is 26.6 Å². The molecule has 0 fully saturated rings. The van der Waals surface area contributed by atoms with E-state index in [1.807, 2.05) is 26.0 Å². The average molecular weight is 358 g/mol. The van der Waals surface area contributed by atoms with Crippen LogP contribution in [0.1, 0.15) is 17.5 Å². The van der Waals surface area contributed by atoms with Gasteiger partial charge in [0.2, 0.25) is 5.91 Å². The summed E-state index contributed by atoms with van der Waals surface area (Å²) in [7, 11) is 0. The van der Waals surface area contributed by atoms with Gasteiger partial charge in [0.1, 0.15) is 6.04 Å². The molecule has 0 aromatic heterocycles. The number of benzene rings is 1. The van der Waals surface area contributed by atoms with Crippen molar-refractivity contribution in [1.82, 2.24) is 5.32 Å². The second-order valence-corrected chi connectivity index (χ2v) is 5.45. The van der Waals surface area contributed by atoms with Crippen molar-refractivity contribution >= 4 is 39.5 Å². The van der Waals surface area contributed by atoms with Crippen molar-refractivity contribution in [3.63, 3.8) is 0 Å². The molecule has 0 radical (unpaired) electrons. The lowest BCUT2D eigenvalue weighted by molar-refractivity contribution is -0.140. The third kappa shape index (κ3) is 5.07. The third-order valence-corrected chi connectivity index (χ3v) is 3.30. The van der Waals surface area contributed by atoms with E-state index in [0.717, 1.165) is 11.1 Å². The minimum Gasteiger partial charge on any atom is -0.480 e. The van der Waals surface area contributed by atoms with Crippen LogP contribution in [0, 0.1) is 13.8 Å². The Balaban J connectivity index is 2.82. The van der Waals surface area contributed by atoms with E-state index in [1.165, 1.54) is 0 Å². The molecule has 7 nitrogen and oxygen atoms in total. The summed E-state index contributed by atoms with van der Waals surface area (Å²) in [5.74, 6) is -2.14. The van der Waals surface area contributed by atoms with Crippen molar-refractivity contribution in [2.75, 3.05) is 5.32 Å². The highest BCUT2D eigenvalue weighted by atomic mass is 79.9. The standard InChI is InChI=1S/C13H16BrN3O4/c1-6-3-7(2)11(8(14)4-6)17-13(21)16-9(12(19)20)5-10(15)18/h3-4,9H,5H2,1-2H3,(H2,15,18)(H,19,20)(H2,16,17,21)/t9-/m1/s1. The molecular formula is C13H16BrN3O4. The SMILES string of the molecule is Cc1cc(C)c(NC(=O)N[C@H](CC(N)=O)C(=O)O)c(Br)c1. The van der Waals surface area contributed by atoms with Crippen LogP contribution >= 0.6 is 15.9 Å². The van der Waals surface area contributed by atoms with Crippen LogP contribution in [0.4, 0.5) is 10.5 Å². The maximum absolute atomic E-state index is 11.8. The zero-order valence-corrected chi connectivity index (χ0v) is 13.2. The van der Waals surface area contributed by atoms with Gasteiger partial charge in [-0.15, -0.1) is 0 Å². The van der Waals surface area contributed by atoms with Crippen molar-refractivity contribution in [3.05, 3.63) is 27.7 Å². The number of aryl methyl sites for hydroxylation is 2. The lowest BCUT2D eigenvalue weighted by Gasteiger charge is -2.16. The summed E-state index contributed by atoms with van der Waals surface area (Å²) < 4.78 is 0.678. The van der Waals surface area contributed by atoms with Crippen LogP contribution in [0.15, 0.2) is 16.6 Å². The number of halogens is 1. The van der Waals surface area contributed by atoms with Gasteiger partial charge in [0.25, 0.3) is 0 Å². The molecule has 0 aliphatic heterocycles. The summed E-state index contributed by atoms with van der Waals surface area (Å²) in [5.41, 5.74) is 7.31. The number of urea groups is 1. The van der Waals surface area contributed by atoms with Gasteiger partial charge in [-0.3, -0.25) is 4.79 Å². The number of nitrogens with one attached hydrogen (secondary N) is 2. The van der Waals surface area contributed by atoms with Crippen molar-refractivity contribution in [2.45, 2.75) is 26.3 Å². The lowest BCUT2D eigenvalue weighted by atomic mass is 10.1. The molecule has 0 aliphatic rings. The number of anilines is 1. The topological polar surface area (TPSA) is 122 Å². The van der Waals surface area contributed by atoms with Gasteiger partial charge in [0.05, 0.1) is 12.1 Å². The third-order valence-electron chi connectivity index (χ3n) is 2.68. The molecule has 5 N–H and O–H groups in total. The molecule has 114 valence electrons. The van der Waals surface area contributed by atoms with Crippen LogP contribution in [-0.4, -0.2) is 29.1 Å². The Morgan fingerprint density at radius 1 is 1.33 bits per heavy atom. The molecule has 8 heteroatoms. The number of hydrogen-bond acceptors (Lipinski definition) is 3. The van der Waals surface area contributed by atoms with Crippen LogP contribution in [-0.2, 0) is 9.59 Å². The highest BCUT2D eigenvalue weighted by Gasteiger charge is 2.22. The Kier molecular flexibility index (Phi) is 5.71. The number of primary amides is 1. The van der Waals surface area contributed by atoms with Crippen LogP contribution in [0.5, 0.6) is 0 Å². The van der Waals surface area contributed by atoms with Gasteiger partial charge in [-0.2, -0.15) is 0 Å². The van der Waals surface area contributed by atoms with Gasteiger partial charge >= 0.3 is 12.0 Å². The zero-order valence-electron chi connectivity index (χ0n) is 11.6. The smallest absolute Gasteiger partial charge is 0.326 e. The monoisotopic (exact) mass is 357 g/mol. The number of hydrogen-bond donors (Lipinski definition) is 4. The molecule has 1 atom stereocenters. The molecule has 0 saturated carbocycles. The minimum absolute atomic E-state index is 0.475. The molecule has 1 aromatic rings. The zero-order chi connectivity index (χ0) is 16.2. The molecule has 0 heterocycles. The fraction of sp³-hybridized carbons (Fsp3) is 0.308. The Labute approximate surface area is 130 Å². The van der Waals surface area contributed by atoms with Crippen LogP contribution in [0.3, 0.4) is 0 Å². The Morgan fingerprint density at radius 3 is 2.43 bits per heavy atom. The molecule has 0 aliphatic carbocycles. The van der Waals surface area contributed by atoms with E-state index >= 15 is 0 Å². The Hall–Kier alpha value is -2.09. The van der Waals surface area contributed by atoms with Gasteiger partial charge in [0.15, 0.2) is 0 Å². The number of carbonyl (C=O) groups is 3. The predicted molar refractivity (Wildman–Crippen MR) is 81.0 cm³/mol. The molecule has 1 rings (SSSR count). The first-order chi connectivity index (χ1) is 9.70. The first kappa shape index (κ1) is 17.0. The van der Waals surface area contributed by atoms with Crippen molar-refractivity contribution in [1.29, 1.82) is 0 Å². The maximum atomic E-state index is 11.8. The number of carboxylic acids is 1. The minimum atomic E-state index is -1.37. The summed E-state index contributed by atoms with van der Waals surface area (Å²) >= 11 is 3.33. The summed E-state index contributed by atoms with van der Waals surface area (Å²) in [4.78, 5) is 33.6. The fourth-order valence-corrected chi connectivity index (χ4v) is 2.56. The molecule has 21 heavy (non-hydrogen) atoms. The molecular weight excluding hydrogens is 342 g/mol. The normalized spacial score (nSPS) is 11.6. The van der Waals surface area contributed by atoms with Gasteiger partial charge in [0, 0.05) is 4.47 Å². The van der Waals surface area contributed by atoms with Gasteiger partial charge in [-0.05, 0) is 47.0 Å². The van der Waals surface area contributed by atoms with E-state index in [-0.39, 0.29) is 0 Å². The van der Waals surface area contributed by atoms with Gasteiger partial charge in [-0.25, -0.2) is 9.59 Å². The second kappa shape index (κ2) is 7.07. The summed E-state index contributed by atoms with van der Waals surface area (Å²) in [6.45, 7) is 3.72. The Morgan fingerprint density at radius 2 is 1.95 bits per heavy atom. The number of aliphatic carboxylic acids is 1. The molecule has 0 bridgehead atoms. The van der Waals surface area contributed by atoms with Crippen molar-refractivity contribution < 1.29 is 19.5 Å². The van der Waals surface area contributed by atoms with Crippen LogP contribution in [0.25, 0.3) is 0 Å². The number of carboxylic acid groups (broad SMARTS) is 1. The molecule has 0 unspecified atom stereocenters. The molecule has 3 amide bonds. The quantitative estimate of drug-likeness (QED) is 0.637. The van der Waals surface area contributed by atoms with Crippen molar-refractivity contribution in [3.8, 4) is 0 Å². The van der Waals surface area contributed by atoms with E-state index in [9.17, 15) is 14.4 Å².